The molecule has 8 heteroatoms. The Morgan fingerprint density at radius 2 is 1.57 bits per heavy atom. The third-order valence-electron chi connectivity index (χ3n) is 4.75. The Balaban J connectivity index is 1.63. The summed E-state index contributed by atoms with van der Waals surface area (Å²) in [6.07, 6.45) is 3.58. The molecule has 1 aliphatic carbocycles. The Morgan fingerprint density at radius 3 is 2.09 bits per heavy atom. The molecular formula is C15H21N3O4S. The molecule has 23 heavy (non-hydrogen) atoms. The van der Waals surface area contributed by atoms with Gasteiger partial charge in [-0.3, -0.25) is 10.1 Å². The fourth-order valence-corrected chi connectivity index (χ4v) is 5.41. The van der Waals surface area contributed by atoms with Gasteiger partial charge in [-0.1, -0.05) is 12.8 Å². The van der Waals surface area contributed by atoms with Crippen molar-refractivity contribution in [2.24, 2.45) is 0 Å². The molecule has 3 rings (SSSR count). The number of nitro benzene ring substituents is 1. The Kier molecular flexibility index (Phi) is 4.54. The molecule has 0 atom stereocenters. The van der Waals surface area contributed by atoms with Crippen LogP contribution in [0.3, 0.4) is 0 Å². The number of nitrogens with zero attached hydrogens (tertiary/aromatic N) is 3. The van der Waals surface area contributed by atoms with Crippen molar-refractivity contribution < 1.29 is 13.3 Å². The predicted octanol–water partition coefficient (Wildman–Crippen LogP) is 1.99. The van der Waals surface area contributed by atoms with Crippen molar-refractivity contribution in [3.8, 4) is 0 Å². The third kappa shape index (κ3) is 3.32. The van der Waals surface area contributed by atoms with Crippen LogP contribution in [0.5, 0.6) is 0 Å². The molecule has 1 saturated heterocycles. The number of rotatable bonds is 4. The Morgan fingerprint density at radius 1 is 1.00 bits per heavy atom. The summed E-state index contributed by atoms with van der Waals surface area (Å²) in [7, 11) is -3.17. The summed E-state index contributed by atoms with van der Waals surface area (Å²) in [5.41, 5.74) is 0.963. The average Bonchev–Trinajstić information content (AvgIpc) is 3.10. The highest BCUT2D eigenvalue weighted by atomic mass is 32.2. The lowest BCUT2D eigenvalue weighted by atomic mass is 10.2. The van der Waals surface area contributed by atoms with Gasteiger partial charge in [0, 0.05) is 44.0 Å². The largest absolute Gasteiger partial charge is 0.369 e. The van der Waals surface area contributed by atoms with Gasteiger partial charge in [-0.25, -0.2) is 8.42 Å². The lowest BCUT2D eigenvalue weighted by Gasteiger charge is -2.36. The van der Waals surface area contributed by atoms with E-state index >= 15 is 0 Å². The van der Waals surface area contributed by atoms with Crippen molar-refractivity contribution in [1.29, 1.82) is 0 Å². The molecule has 0 radical (unpaired) electrons. The van der Waals surface area contributed by atoms with Crippen LogP contribution < -0.4 is 4.90 Å². The topological polar surface area (TPSA) is 83.8 Å². The summed E-state index contributed by atoms with van der Waals surface area (Å²) in [6, 6.07) is 6.41. The Labute approximate surface area is 136 Å². The molecule has 1 aromatic carbocycles. The van der Waals surface area contributed by atoms with Gasteiger partial charge in [0.1, 0.15) is 0 Å². The van der Waals surface area contributed by atoms with Gasteiger partial charge >= 0.3 is 0 Å². The van der Waals surface area contributed by atoms with Crippen LogP contribution in [0.2, 0.25) is 0 Å². The van der Waals surface area contributed by atoms with Crippen LogP contribution in [-0.4, -0.2) is 49.1 Å². The Bertz CT molecular complexity index is 660. The summed E-state index contributed by atoms with van der Waals surface area (Å²) in [6.45, 7) is 2.19. The van der Waals surface area contributed by atoms with E-state index in [2.05, 4.69) is 4.90 Å². The van der Waals surface area contributed by atoms with E-state index in [1.165, 1.54) is 12.1 Å². The Hall–Kier alpha value is -1.67. The van der Waals surface area contributed by atoms with Crippen LogP contribution in [0.25, 0.3) is 0 Å². The molecular weight excluding hydrogens is 318 g/mol. The summed E-state index contributed by atoms with van der Waals surface area (Å²) >= 11 is 0. The molecule has 0 aromatic heterocycles. The highest BCUT2D eigenvalue weighted by Gasteiger charge is 2.35. The minimum absolute atomic E-state index is 0.0659. The standard InChI is InChI=1S/C15H21N3O4S/c19-18(20)14-7-5-13(6-8-14)16-9-11-17(12-10-16)23(21,22)15-3-1-2-4-15/h5-8,15H,1-4,9-12H2. The van der Waals surface area contributed by atoms with Crippen molar-refractivity contribution in [2.45, 2.75) is 30.9 Å². The second-order valence-electron chi connectivity index (χ2n) is 6.11. The first-order valence-electron chi connectivity index (χ1n) is 7.97. The SMILES string of the molecule is O=[N+]([O-])c1ccc(N2CCN(S(=O)(=O)C3CCCC3)CC2)cc1. The first-order chi connectivity index (χ1) is 11.0. The fraction of sp³-hybridized carbons (Fsp3) is 0.600. The van der Waals surface area contributed by atoms with E-state index in [0.717, 1.165) is 31.4 Å². The molecule has 1 aliphatic heterocycles. The molecule has 0 bridgehead atoms. The monoisotopic (exact) mass is 339 g/mol. The quantitative estimate of drug-likeness (QED) is 0.619. The lowest BCUT2D eigenvalue weighted by Crippen LogP contribution is -2.50. The average molecular weight is 339 g/mol. The zero-order chi connectivity index (χ0) is 16.4. The van der Waals surface area contributed by atoms with E-state index < -0.39 is 14.9 Å². The van der Waals surface area contributed by atoms with Crippen LogP contribution in [0, 0.1) is 10.1 Å². The van der Waals surface area contributed by atoms with E-state index in [0.29, 0.717) is 26.2 Å². The van der Waals surface area contributed by atoms with Crippen LogP contribution >= 0.6 is 0 Å². The van der Waals surface area contributed by atoms with Crippen LogP contribution in [-0.2, 0) is 10.0 Å². The molecule has 126 valence electrons. The van der Waals surface area contributed by atoms with E-state index in [1.54, 1.807) is 16.4 Å². The normalized spacial score (nSPS) is 20.8. The van der Waals surface area contributed by atoms with Crippen LogP contribution in [0.15, 0.2) is 24.3 Å². The summed E-state index contributed by atoms with van der Waals surface area (Å²) in [4.78, 5) is 12.3. The maximum Gasteiger partial charge on any atom is 0.269 e. The molecule has 7 nitrogen and oxygen atoms in total. The third-order valence-corrected chi connectivity index (χ3v) is 7.15. The van der Waals surface area contributed by atoms with Crippen molar-refractivity contribution in [1.82, 2.24) is 4.31 Å². The van der Waals surface area contributed by atoms with Crippen molar-refractivity contribution in [3.05, 3.63) is 34.4 Å². The fourth-order valence-electron chi connectivity index (χ4n) is 3.38. The zero-order valence-electron chi connectivity index (χ0n) is 12.9. The van der Waals surface area contributed by atoms with Gasteiger partial charge in [-0.05, 0) is 25.0 Å². The smallest absolute Gasteiger partial charge is 0.269 e. The molecule has 0 N–H and O–H groups in total. The van der Waals surface area contributed by atoms with Crippen LogP contribution in [0.1, 0.15) is 25.7 Å². The van der Waals surface area contributed by atoms with E-state index in [1.807, 2.05) is 0 Å². The van der Waals surface area contributed by atoms with Gasteiger partial charge in [0.2, 0.25) is 10.0 Å². The number of hydrogen-bond donors (Lipinski definition) is 0. The van der Waals surface area contributed by atoms with Gasteiger partial charge in [-0.15, -0.1) is 0 Å². The van der Waals surface area contributed by atoms with Gasteiger partial charge in [0.25, 0.3) is 5.69 Å². The molecule has 1 saturated carbocycles. The van der Waals surface area contributed by atoms with Crippen molar-refractivity contribution in [2.75, 3.05) is 31.1 Å². The zero-order valence-corrected chi connectivity index (χ0v) is 13.7. The molecule has 2 fully saturated rings. The highest BCUT2D eigenvalue weighted by molar-refractivity contribution is 7.89. The maximum atomic E-state index is 12.6. The van der Waals surface area contributed by atoms with Crippen molar-refractivity contribution >= 4 is 21.4 Å². The number of sulfonamides is 1. The van der Waals surface area contributed by atoms with E-state index in [4.69, 9.17) is 0 Å². The number of non-ortho nitro benzene ring substituents is 1. The summed E-state index contributed by atoms with van der Waals surface area (Å²) in [5.74, 6) is 0. The molecule has 1 heterocycles. The van der Waals surface area contributed by atoms with Crippen molar-refractivity contribution in [3.63, 3.8) is 0 Å². The number of benzene rings is 1. The number of anilines is 1. The molecule has 1 aromatic rings. The van der Waals surface area contributed by atoms with Gasteiger partial charge in [-0.2, -0.15) is 4.31 Å². The number of nitro groups is 1. The first kappa shape index (κ1) is 16.2. The van der Waals surface area contributed by atoms with Gasteiger partial charge in [0.15, 0.2) is 0 Å². The predicted molar refractivity (Wildman–Crippen MR) is 88.1 cm³/mol. The minimum Gasteiger partial charge on any atom is -0.369 e. The molecule has 0 spiro atoms. The highest BCUT2D eigenvalue weighted by Crippen LogP contribution is 2.28. The summed E-state index contributed by atoms with van der Waals surface area (Å²) in [5, 5.41) is 10.5. The lowest BCUT2D eigenvalue weighted by molar-refractivity contribution is -0.384. The molecule has 2 aliphatic rings. The maximum absolute atomic E-state index is 12.6. The van der Waals surface area contributed by atoms with Crippen LogP contribution in [0.4, 0.5) is 11.4 Å². The molecule has 0 amide bonds. The van der Waals surface area contributed by atoms with Gasteiger partial charge in [0.05, 0.1) is 10.2 Å². The molecule has 0 unspecified atom stereocenters. The first-order valence-corrected chi connectivity index (χ1v) is 9.47. The number of hydrogen-bond acceptors (Lipinski definition) is 5. The van der Waals surface area contributed by atoms with E-state index in [9.17, 15) is 18.5 Å². The van der Waals surface area contributed by atoms with E-state index in [-0.39, 0.29) is 10.9 Å². The second-order valence-corrected chi connectivity index (χ2v) is 8.32. The van der Waals surface area contributed by atoms with Gasteiger partial charge < -0.3 is 4.90 Å². The number of piperazine rings is 1. The second kappa shape index (κ2) is 6.45. The minimum atomic E-state index is -3.17. The summed E-state index contributed by atoms with van der Waals surface area (Å²) < 4.78 is 26.8.